The summed E-state index contributed by atoms with van der Waals surface area (Å²) in [5, 5.41) is 3.81. The Labute approximate surface area is 205 Å². The summed E-state index contributed by atoms with van der Waals surface area (Å²) in [7, 11) is 0. The van der Waals surface area contributed by atoms with E-state index in [-0.39, 0.29) is 22.9 Å². The molecule has 176 valence electrons. The van der Waals surface area contributed by atoms with Crippen LogP contribution in [0, 0.1) is 11.7 Å². The molecule has 3 aliphatic rings. The number of unbranched alkanes of at least 4 members (excludes halogenated alkanes) is 1. The van der Waals surface area contributed by atoms with E-state index in [2.05, 4.69) is 24.1 Å². The minimum absolute atomic E-state index is 0.0670. The highest BCUT2D eigenvalue weighted by Crippen LogP contribution is 2.60. The molecule has 1 amide bonds. The molecule has 5 atom stereocenters. The molecule has 1 spiro atoms. The molecule has 1 aliphatic carbocycles. The monoisotopic (exact) mass is 488 g/mol. The van der Waals surface area contributed by atoms with Crippen LogP contribution in [0.3, 0.4) is 0 Å². The van der Waals surface area contributed by atoms with Crippen molar-refractivity contribution in [3.05, 3.63) is 63.4 Å². The zero-order valence-electron chi connectivity index (χ0n) is 19.2. The Morgan fingerprint density at radius 3 is 2.73 bits per heavy atom. The normalized spacial score (nSPS) is 31.4. The van der Waals surface area contributed by atoms with E-state index in [0.717, 1.165) is 56.2 Å². The molecule has 1 saturated carbocycles. The van der Waals surface area contributed by atoms with E-state index in [0.29, 0.717) is 22.5 Å². The van der Waals surface area contributed by atoms with Gasteiger partial charge >= 0.3 is 0 Å². The number of carbonyl (C=O) groups excluding carboxylic acids is 1. The molecular weight excluding hydrogens is 458 g/mol. The first-order valence-corrected chi connectivity index (χ1v) is 13.0. The van der Waals surface area contributed by atoms with Crippen LogP contribution in [-0.2, 0) is 10.3 Å². The van der Waals surface area contributed by atoms with Crippen LogP contribution < -0.4 is 5.32 Å². The predicted molar refractivity (Wildman–Crippen MR) is 132 cm³/mol. The Kier molecular flexibility index (Phi) is 6.22. The second kappa shape index (κ2) is 8.87. The largest absolute Gasteiger partial charge is 0.324 e. The molecule has 33 heavy (non-hydrogen) atoms. The maximum absolute atomic E-state index is 15.5. The maximum Gasteiger partial charge on any atom is 0.250 e. The van der Waals surface area contributed by atoms with Crippen LogP contribution in [0.1, 0.15) is 75.8 Å². The number of fused-ring (bicyclic) bond motifs is 2. The van der Waals surface area contributed by atoms with Gasteiger partial charge in [-0.25, -0.2) is 4.39 Å². The van der Waals surface area contributed by atoms with E-state index in [1.165, 1.54) is 0 Å². The summed E-state index contributed by atoms with van der Waals surface area (Å²) >= 11 is 12.5. The van der Waals surface area contributed by atoms with Crippen LogP contribution in [-0.4, -0.2) is 22.9 Å². The lowest BCUT2D eigenvalue weighted by Crippen LogP contribution is -2.55. The highest BCUT2D eigenvalue weighted by Gasteiger charge is 2.64. The van der Waals surface area contributed by atoms with E-state index in [1.807, 2.05) is 24.3 Å². The summed E-state index contributed by atoms with van der Waals surface area (Å²) in [6.45, 7) is 4.49. The molecule has 1 N–H and O–H groups in total. The number of halogens is 3. The van der Waals surface area contributed by atoms with Gasteiger partial charge in [0.1, 0.15) is 11.4 Å². The lowest BCUT2D eigenvalue weighted by molar-refractivity contribution is -0.129. The van der Waals surface area contributed by atoms with Crippen LogP contribution >= 0.6 is 23.2 Å². The molecule has 1 saturated heterocycles. The van der Waals surface area contributed by atoms with Crippen LogP contribution in [0.15, 0.2) is 36.4 Å². The van der Waals surface area contributed by atoms with Crippen molar-refractivity contribution in [1.29, 1.82) is 0 Å². The van der Waals surface area contributed by atoms with E-state index in [9.17, 15) is 4.79 Å². The number of benzene rings is 2. The van der Waals surface area contributed by atoms with Gasteiger partial charge in [0.2, 0.25) is 5.91 Å². The molecule has 3 unspecified atom stereocenters. The van der Waals surface area contributed by atoms with Crippen molar-refractivity contribution >= 4 is 34.8 Å². The van der Waals surface area contributed by atoms with Gasteiger partial charge in [-0.05, 0) is 61.8 Å². The number of likely N-dealkylation sites (tertiary alicyclic amines) is 1. The number of rotatable bonds is 5. The first-order valence-electron chi connectivity index (χ1n) is 12.2. The van der Waals surface area contributed by atoms with Crippen molar-refractivity contribution in [3.63, 3.8) is 0 Å². The SMILES string of the molecule is CCCC[C@H]1CC(c2cccc(Cl)c2F)[C@]2(C(=O)Nc3cc(Cl)ccc32)N1C1CCC(C)C1. The zero-order chi connectivity index (χ0) is 23.3. The van der Waals surface area contributed by atoms with Gasteiger partial charge in [0.05, 0.1) is 5.02 Å². The quantitative estimate of drug-likeness (QED) is 0.471. The van der Waals surface area contributed by atoms with Gasteiger partial charge in [-0.2, -0.15) is 0 Å². The number of anilines is 1. The van der Waals surface area contributed by atoms with Crippen molar-refractivity contribution in [3.8, 4) is 0 Å². The summed E-state index contributed by atoms with van der Waals surface area (Å²) in [6.07, 6.45) is 7.18. The highest BCUT2D eigenvalue weighted by atomic mass is 35.5. The van der Waals surface area contributed by atoms with Gasteiger partial charge in [-0.3, -0.25) is 9.69 Å². The zero-order valence-corrected chi connectivity index (χ0v) is 20.7. The average molecular weight is 489 g/mol. The third kappa shape index (κ3) is 3.61. The van der Waals surface area contributed by atoms with E-state index in [1.54, 1.807) is 12.1 Å². The smallest absolute Gasteiger partial charge is 0.250 e. The van der Waals surface area contributed by atoms with Crippen LogP contribution in [0.4, 0.5) is 10.1 Å². The van der Waals surface area contributed by atoms with E-state index in [4.69, 9.17) is 23.2 Å². The third-order valence-electron chi connectivity index (χ3n) is 8.11. The summed E-state index contributed by atoms with van der Waals surface area (Å²) in [5.74, 6) is -0.177. The van der Waals surface area contributed by atoms with Crippen molar-refractivity contribution in [1.82, 2.24) is 4.90 Å². The lowest BCUT2D eigenvalue weighted by Gasteiger charge is -2.43. The Bertz CT molecular complexity index is 1080. The number of nitrogens with zero attached hydrogens (tertiary/aromatic N) is 1. The summed E-state index contributed by atoms with van der Waals surface area (Å²) in [5.41, 5.74) is 1.24. The minimum atomic E-state index is -0.960. The number of hydrogen-bond acceptors (Lipinski definition) is 2. The number of amides is 1. The molecule has 2 aliphatic heterocycles. The molecule has 6 heteroatoms. The van der Waals surface area contributed by atoms with Gasteiger partial charge in [0.25, 0.3) is 0 Å². The molecule has 0 aromatic heterocycles. The molecule has 2 aromatic carbocycles. The van der Waals surface area contributed by atoms with Crippen molar-refractivity contribution < 1.29 is 9.18 Å². The van der Waals surface area contributed by atoms with Crippen LogP contribution in [0.5, 0.6) is 0 Å². The molecule has 3 nitrogen and oxygen atoms in total. The standard InChI is InChI=1S/C27H31Cl2FN2O/c1-3-4-6-18-15-22(20-7-5-8-23(29)25(20)30)27(32(18)19-11-9-16(2)13-19)21-12-10-17(28)14-24(21)31-26(27)33/h5,7-8,10,12,14,16,18-19,22H,3-4,6,9,11,13,15H2,1-2H3,(H,31,33)/t16?,18-,19?,22?,27+/m0/s1. The van der Waals surface area contributed by atoms with Crippen molar-refractivity contribution in [2.24, 2.45) is 5.92 Å². The predicted octanol–water partition coefficient (Wildman–Crippen LogP) is 7.52. The second-order valence-corrected chi connectivity index (χ2v) is 11.0. The fraction of sp³-hybridized carbons (Fsp3) is 0.519. The molecule has 2 aromatic rings. The molecular formula is C27H31Cl2FN2O. The fourth-order valence-corrected chi connectivity index (χ4v) is 7.13. The van der Waals surface area contributed by atoms with Crippen LogP contribution in [0.2, 0.25) is 10.0 Å². The molecule has 2 fully saturated rings. The summed E-state index contributed by atoms with van der Waals surface area (Å²) in [4.78, 5) is 16.6. The summed E-state index contributed by atoms with van der Waals surface area (Å²) in [6, 6.07) is 11.3. The number of hydrogen-bond donors (Lipinski definition) is 1. The third-order valence-corrected chi connectivity index (χ3v) is 8.63. The lowest BCUT2D eigenvalue weighted by atomic mass is 9.75. The first-order chi connectivity index (χ1) is 15.9. The Hall–Kier alpha value is -1.62. The molecule has 0 radical (unpaired) electrons. The highest BCUT2D eigenvalue weighted by molar-refractivity contribution is 6.31. The van der Waals surface area contributed by atoms with Gasteiger partial charge in [0, 0.05) is 34.3 Å². The second-order valence-electron chi connectivity index (χ2n) is 10.1. The molecule has 2 heterocycles. The minimum Gasteiger partial charge on any atom is -0.324 e. The maximum atomic E-state index is 15.5. The fourth-order valence-electron chi connectivity index (χ4n) is 6.77. The van der Waals surface area contributed by atoms with Gasteiger partial charge in [-0.1, -0.05) is 68.1 Å². The Balaban J connectivity index is 1.74. The first kappa shape index (κ1) is 23.1. The Morgan fingerprint density at radius 1 is 1.18 bits per heavy atom. The van der Waals surface area contributed by atoms with Gasteiger partial charge < -0.3 is 5.32 Å². The number of nitrogens with one attached hydrogen (secondary N) is 1. The van der Waals surface area contributed by atoms with E-state index >= 15 is 4.39 Å². The van der Waals surface area contributed by atoms with Crippen molar-refractivity contribution in [2.45, 2.75) is 82.3 Å². The topological polar surface area (TPSA) is 32.3 Å². The summed E-state index contributed by atoms with van der Waals surface area (Å²) < 4.78 is 15.5. The molecule has 5 rings (SSSR count). The van der Waals surface area contributed by atoms with Gasteiger partial charge in [-0.15, -0.1) is 0 Å². The molecule has 0 bridgehead atoms. The van der Waals surface area contributed by atoms with Crippen LogP contribution in [0.25, 0.3) is 0 Å². The average Bonchev–Trinajstić information content (AvgIpc) is 3.43. The Morgan fingerprint density at radius 2 is 2.00 bits per heavy atom. The van der Waals surface area contributed by atoms with E-state index < -0.39 is 11.4 Å². The van der Waals surface area contributed by atoms with Gasteiger partial charge in [0.15, 0.2) is 0 Å². The van der Waals surface area contributed by atoms with Crippen molar-refractivity contribution in [2.75, 3.05) is 5.32 Å². The number of carbonyl (C=O) groups is 1.